The van der Waals surface area contributed by atoms with E-state index < -0.39 is 10.0 Å². The molecule has 0 saturated carbocycles. The van der Waals surface area contributed by atoms with Gasteiger partial charge in [0.25, 0.3) is 0 Å². The molecule has 0 spiro atoms. The Morgan fingerprint density at radius 3 is 2.85 bits per heavy atom. The zero-order valence-corrected chi connectivity index (χ0v) is 13.1. The van der Waals surface area contributed by atoms with Gasteiger partial charge in [-0.05, 0) is 34.9 Å². The van der Waals surface area contributed by atoms with Crippen molar-refractivity contribution in [2.75, 3.05) is 13.7 Å². The molecule has 0 fully saturated rings. The van der Waals surface area contributed by atoms with Crippen LogP contribution in [0.3, 0.4) is 0 Å². The summed E-state index contributed by atoms with van der Waals surface area (Å²) >= 11 is 2.47. The number of esters is 1. The Balaban J connectivity index is 1.90. The SMILES string of the molecule is COC(=O)c1cc(CCNS(=O)(=O)c2cccs2)cs1. The van der Waals surface area contributed by atoms with Gasteiger partial charge in [-0.15, -0.1) is 22.7 Å². The lowest BCUT2D eigenvalue weighted by Gasteiger charge is -2.03. The van der Waals surface area contributed by atoms with Gasteiger partial charge in [0.15, 0.2) is 0 Å². The molecular formula is C12H13NO4S3. The van der Waals surface area contributed by atoms with Crippen LogP contribution in [0.25, 0.3) is 0 Å². The van der Waals surface area contributed by atoms with Crippen molar-refractivity contribution in [3.05, 3.63) is 39.4 Å². The largest absolute Gasteiger partial charge is 0.465 e. The Hall–Kier alpha value is -1.22. The first kappa shape index (κ1) is 15.2. The van der Waals surface area contributed by atoms with Gasteiger partial charge in [0, 0.05) is 6.54 Å². The molecule has 0 radical (unpaired) electrons. The molecule has 0 saturated heterocycles. The normalized spacial score (nSPS) is 11.4. The molecule has 0 bridgehead atoms. The lowest BCUT2D eigenvalue weighted by Crippen LogP contribution is -2.25. The van der Waals surface area contributed by atoms with Crippen LogP contribution in [-0.2, 0) is 21.2 Å². The minimum Gasteiger partial charge on any atom is -0.465 e. The molecule has 0 amide bonds. The summed E-state index contributed by atoms with van der Waals surface area (Å²) < 4.78 is 31.2. The van der Waals surface area contributed by atoms with Gasteiger partial charge in [-0.25, -0.2) is 17.9 Å². The van der Waals surface area contributed by atoms with E-state index in [1.165, 1.54) is 29.8 Å². The Kier molecular flexibility index (Phi) is 4.92. The fraction of sp³-hybridized carbons (Fsp3) is 0.250. The van der Waals surface area contributed by atoms with Crippen LogP contribution in [0, 0.1) is 0 Å². The highest BCUT2D eigenvalue weighted by molar-refractivity contribution is 7.91. The van der Waals surface area contributed by atoms with Crippen LogP contribution in [0.15, 0.2) is 33.2 Å². The molecule has 0 aliphatic rings. The predicted octanol–water partition coefficient (Wildman–Crippen LogP) is 2.12. The number of hydrogen-bond acceptors (Lipinski definition) is 6. The van der Waals surface area contributed by atoms with Gasteiger partial charge in [0.1, 0.15) is 9.09 Å². The monoisotopic (exact) mass is 331 g/mol. The van der Waals surface area contributed by atoms with Gasteiger partial charge in [-0.3, -0.25) is 0 Å². The predicted molar refractivity (Wildman–Crippen MR) is 78.9 cm³/mol. The van der Waals surface area contributed by atoms with Crippen LogP contribution >= 0.6 is 22.7 Å². The molecule has 0 unspecified atom stereocenters. The van der Waals surface area contributed by atoms with Crippen LogP contribution in [0.2, 0.25) is 0 Å². The number of carbonyl (C=O) groups is 1. The van der Waals surface area contributed by atoms with Crippen LogP contribution in [-0.4, -0.2) is 28.0 Å². The van der Waals surface area contributed by atoms with Crippen molar-refractivity contribution in [2.24, 2.45) is 0 Å². The number of rotatable bonds is 6. The molecule has 2 aromatic heterocycles. The van der Waals surface area contributed by atoms with Crippen molar-refractivity contribution in [2.45, 2.75) is 10.6 Å². The molecule has 0 aromatic carbocycles. The Morgan fingerprint density at radius 1 is 1.40 bits per heavy atom. The van der Waals surface area contributed by atoms with Crippen molar-refractivity contribution in [3.63, 3.8) is 0 Å². The number of methoxy groups -OCH3 is 1. The van der Waals surface area contributed by atoms with Gasteiger partial charge < -0.3 is 4.74 Å². The molecule has 0 atom stereocenters. The number of carbonyl (C=O) groups excluding carboxylic acids is 1. The van der Waals surface area contributed by atoms with E-state index in [1.54, 1.807) is 23.6 Å². The Labute approximate surface area is 125 Å². The molecule has 2 aromatic rings. The number of thiophene rings is 2. The topological polar surface area (TPSA) is 72.5 Å². The van der Waals surface area contributed by atoms with Crippen molar-refractivity contribution in [1.82, 2.24) is 4.72 Å². The highest BCUT2D eigenvalue weighted by Crippen LogP contribution is 2.17. The molecule has 108 valence electrons. The maximum Gasteiger partial charge on any atom is 0.348 e. The van der Waals surface area contributed by atoms with Crippen LogP contribution in [0.1, 0.15) is 15.2 Å². The fourth-order valence-electron chi connectivity index (χ4n) is 1.53. The summed E-state index contributed by atoms with van der Waals surface area (Å²) in [5.41, 5.74) is 0.907. The van der Waals surface area contributed by atoms with Gasteiger partial charge >= 0.3 is 5.97 Å². The number of nitrogens with one attached hydrogen (secondary N) is 1. The fourth-order valence-corrected chi connectivity index (χ4v) is 4.46. The first-order valence-electron chi connectivity index (χ1n) is 5.72. The van der Waals surface area contributed by atoms with Crippen molar-refractivity contribution in [1.29, 1.82) is 0 Å². The Bertz CT molecular complexity index is 673. The smallest absolute Gasteiger partial charge is 0.348 e. The number of hydrogen-bond donors (Lipinski definition) is 1. The summed E-state index contributed by atoms with van der Waals surface area (Å²) in [6.45, 7) is 0.289. The van der Waals surface area contributed by atoms with Crippen LogP contribution < -0.4 is 4.72 Å². The summed E-state index contributed by atoms with van der Waals surface area (Å²) in [5, 5.41) is 3.54. The van der Waals surface area contributed by atoms with Crippen molar-refractivity contribution < 1.29 is 17.9 Å². The maximum absolute atomic E-state index is 11.9. The molecule has 8 heteroatoms. The van der Waals surface area contributed by atoms with E-state index in [4.69, 9.17) is 0 Å². The number of ether oxygens (including phenoxy) is 1. The third-order valence-corrected chi connectivity index (χ3v) is 6.32. The molecule has 1 N–H and O–H groups in total. The molecule has 20 heavy (non-hydrogen) atoms. The van der Waals surface area contributed by atoms with E-state index in [2.05, 4.69) is 9.46 Å². The lowest BCUT2D eigenvalue weighted by atomic mass is 10.2. The van der Waals surface area contributed by atoms with Gasteiger partial charge in [-0.2, -0.15) is 0 Å². The van der Waals surface area contributed by atoms with E-state index in [1.807, 2.05) is 5.38 Å². The second-order valence-corrected chi connectivity index (χ2v) is 7.74. The van der Waals surface area contributed by atoms with E-state index in [0.29, 0.717) is 15.5 Å². The highest BCUT2D eigenvalue weighted by Gasteiger charge is 2.14. The third-order valence-electron chi connectivity index (χ3n) is 2.51. The van der Waals surface area contributed by atoms with Crippen LogP contribution in [0.5, 0.6) is 0 Å². The highest BCUT2D eigenvalue weighted by atomic mass is 32.2. The van der Waals surface area contributed by atoms with Crippen molar-refractivity contribution in [3.8, 4) is 0 Å². The second-order valence-electron chi connectivity index (χ2n) is 3.89. The average Bonchev–Trinajstić information content (AvgIpc) is 3.09. The molecular weight excluding hydrogens is 318 g/mol. The van der Waals surface area contributed by atoms with Gasteiger partial charge in [0.2, 0.25) is 10.0 Å². The third kappa shape index (κ3) is 3.66. The van der Waals surface area contributed by atoms with E-state index in [9.17, 15) is 13.2 Å². The summed E-state index contributed by atoms with van der Waals surface area (Å²) in [4.78, 5) is 11.8. The zero-order valence-electron chi connectivity index (χ0n) is 10.7. The van der Waals surface area contributed by atoms with E-state index in [0.717, 1.165) is 5.56 Å². The maximum atomic E-state index is 11.9. The van der Waals surface area contributed by atoms with Gasteiger partial charge in [-0.1, -0.05) is 6.07 Å². The lowest BCUT2D eigenvalue weighted by molar-refractivity contribution is 0.0606. The quantitative estimate of drug-likeness (QED) is 0.823. The van der Waals surface area contributed by atoms with E-state index in [-0.39, 0.29) is 12.5 Å². The molecule has 0 aliphatic heterocycles. The molecule has 0 aliphatic carbocycles. The average molecular weight is 331 g/mol. The first-order chi connectivity index (χ1) is 9.53. The summed E-state index contributed by atoms with van der Waals surface area (Å²) in [6.07, 6.45) is 0.526. The van der Waals surface area contributed by atoms with Crippen LogP contribution in [0.4, 0.5) is 0 Å². The second kappa shape index (κ2) is 6.49. The zero-order chi connectivity index (χ0) is 14.6. The summed E-state index contributed by atoms with van der Waals surface area (Å²) in [7, 11) is -2.09. The molecule has 5 nitrogen and oxygen atoms in total. The van der Waals surface area contributed by atoms with Gasteiger partial charge in [0.05, 0.1) is 7.11 Å². The first-order valence-corrected chi connectivity index (χ1v) is 8.96. The van der Waals surface area contributed by atoms with E-state index >= 15 is 0 Å². The molecule has 2 heterocycles. The minimum atomic E-state index is -3.42. The molecule has 2 rings (SSSR count). The van der Waals surface area contributed by atoms with Crippen molar-refractivity contribution >= 4 is 38.7 Å². The Morgan fingerprint density at radius 2 is 2.20 bits per heavy atom. The standard InChI is InChI=1S/C12H13NO4S3/c1-17-12(14)10-7-9(8-19-10)4-5-13-20(15,16)11-3-2-6-18-11/h2-3,6-8,13H,4-5H2,1H3. The summed E-state index contributed by atoms with van der Waals surface area (Å²) in [6, 6.07) is 4.98. The minimum absolute atomic E-state index is 0.289. The number of sulfonamides is 1. The summed E-state index contributed by atoms with van der Waals surface area (Å²) in [5.74, 6) is -0.375.